The van der Waals surface area contributed by atoms with Gasteiger partial charge in [0.2, 0.25) is 6.17 Å². The normalized spacial score (nSPS) is 15.3. The maximum atomic E-state index is 13.4. The topological polar surface area (TPSA) is 69.6 Å². The third kappa shape index (κ3) is 4.58. The number of pyridine rings is 1. The molecule has 1 amide bonds. The van der Waals surface area contributed by atoms with Crippen LogP contribution in [0, 0.1) is 0 Å². The Labute approximate surface area is 217 Å². The number of benzodiazepines with no additional fused rings is 1. The van der Waals surface area contributed by atoms with Crippen LogP contribution in [0.3, 0.4) is 0 Å². The van der Waals surface area contributed by atoms with Crippen molar-refractivity contribution < 1.29 is 4.79 Å². The number of aliphatic imine (C=N–C) groups is 1. The number of likely N-dealkylation sites (N-methyl/N-ethyl adjacent to an activating group) is 1. The quantitative estimate of drug-likeness (QED) is 0.341. The number of hydrogen-bond donors (Lipinski definition) is 2. The number of amides is 1. The molecule has 1 unspecified atom stereocenters. The lowest BCUT2D eigenvalue weighted by molar-refractivity contribution is -0.119. The Kier molecular flexibility index (Phi) is 6.38. The number of anilines is 2. The molecule has 1 aliphatic heterocycles. The van der Waals surface area contributed by atoms with Crippen molar-refractivity contribution in [2.24, 2.45) is 4.99 Å². The zero-order chi connectivity index (χ0) is 24.5. The fourth-order valence-corrected chi connectivity index (χ4v) is 4.60. The van der Waals surface area contributed by atoms with Crippen LogP contribution in [0.25, 0.3) is 10.8 Å². The molecule has 3 aromatic carbocycles. The van der Waals surface area contributed by atoms with Crippen LogP contribution in [-0.4, -0.2) is 34.9 Å². The van der Waals surface area contributed by atoms with E-state index in [-0.39, 0.29) is 11.0 Å². The summed E-state index contributed by atoms with van der Waals surface area (Å²) in [4.78, 5) is 24.2. The molecule has 0 bridgehead atoms. The summed E-state index contributed by atoms with van der Waals surface area (Å²) >= 11 is 18.4. The van der Waals surface area contributed by atoms with Crippen LogP contribution >= 0.6 is 35.4 Å². The molecule has 174 valence electrons. The second kappa shape index (κ2) is 9.62. The highest BCUT2D eigenvalue weighted by molar-refractivity contribution is 7.80. The summed E-state index contributed by atoms with van der Waals surface area (Å²) in [5.41, 5.74) is 2.58. The first kappa shape index (κ1) is 23.2. The number of nitrogens with one attached hydrogen (secondary N) is 2. The Morgan fingerprint density at radius 3 is 2.60 bits per heavy atom. The van der Waals surface area contributed by atoms with Gasteiger partial charge in [-0.3, -0.25) is 4.79 Å². The van der Waals surface area contributed by atoms with Gasteiger partial charge in [-0.2, -0.15) is 0 Å². The van der Waals surface area contributed by atoms with E-state index >= 15 is 0 Å². The molecule has 0 fully saturated rings. The Balaban J connectivity index is 1.53. The number of thiocarbonyl (C=S) groups is 1. The maximum absolute atomic E-state index is 13.4. The van der Waals surface area contributed by atoms with Gasteiger partial charge in [0.1, 0.15) is 5.82 Å². The van der Waals surface area contributed by atoms with Gasteiger partial charge in [-0.15, -0.1) is 0 Å². The van der Waals surface area contributed by atoms with Crippen molar-refractivity contribution in [1.29, 1.82) is 0 Å². The number of carbonyl (C=O) groups excluding carboxylic acids is 1. The molecule has 1 atom stereocenters. The van der Waals surface area contributed by atoms with Gasteiger partial charge in [0.15, 0.2) is 5.11 Å². The summed E-state index contributed by atoms with van der Waals surface area (Å²) in [5.74, 6) is 0.297. The van der Waals surface area contributed by atoms with Crippen LogP contribution in [0.5, 0.6) is 0 Å². The SMILES string of the molecule is CN1C(=O)C(NC(=S)Nc2nccc3ccccc23)N=C(c2ccccc2Cl)c2cc(Cl)ccc21. The van der Waals surface area contributed by atoms with Crippen molar-refractivity contribution in [1.82, 2.24) is 10.3 Å². The van der Waals surface area contributed by atoms with Crippen molar-refractivity contribution >= 4 is 74.4 Å². The van der Waals surface area contributed by atoms with Crippen LogP contribution in [0.1, 0.15) is 11.1 Å². The van der Waals surface area contributed by atoms with Gasteiger partial charge >= 0.3 is 0 Å². The minimum Gasteiger partial charge on any atom is -0.333 e. The summed E-state index contributed by atoms with van der Waals surface area (Å²) < 4.78 is 0. The number of benzene rings is 3. The summed E-state index contributed by atoms with van der Waals surface area (Å²) in [5, 5.41) is 9.32. The van der Waals surface area contributed by atoms with Gasteiger partial charge in [-0.05, 0) is 47.9 Å². The molecule has 5 rings (SSSR count). The highest BCUT2D eigenvalue weighted by Crippen LogP contribution is 2.32. The Morgan fingerprint density at radius 1 is 1.00 bits per heavy atom. The first-order valence-electron chi connectivity index (χ1n) is 10.7. The fraction of sp³-hybridized carbons (Fsp3) is 0.0769. The molecule has 0 aliphatic carbocycles. The summed E-state index contributed by atoms with van der Waals surface area (Å²) in [6.45, 7) is 0. The van der Waals surface area contributed by atoms with Gasteiger partial charge in [0.05, 0.1) is 11.4 Å². The molecule has 4 aromatic rings. The van der Waals surface area contributed by atoms with E-state index in [2.05, 4.69) is 15.6 Å². The van der Waals surface area contributed by atoms with Crippen molar-refractivity contribution in [2.45, 2.75) is 6.17 Å². The lowest BCUT2D eigenvalue weighted by Crippen LogP contribution is -2.47. The van der Waals surface area contributed by atoms with Crippen molar-refractivity contribution in [3.8, 4) is 0 Å². The van der Waals surface area contributed by atoms with Crippen LogP contribution < -0.4 is 15.5 Å². The molecule has 2 heterocycles. The number of fused-ring (bicyclic) bond motifs is 2. The zero-order valence-corrected chi connectivity index (χ0v) is 20.8. The average molecular weight is 520 g/mol. The largest absolute Gasteiger partial charge is 0.333 e. The minimum absolute atomic E-state index is 0.215. The first-order chi connectivity index (χ1) is 16.9. The Bertz CT molecular complexity index is 1500. The third-order valence-electron chi connectivity index (χ3n) is 5.70. The maximum Gasteiger partial charge on any atom is 0.272 e. The van der Waals surface area contributed by atoms with E-state index in [0.29, 0.717) is 38.4 Å². The number of rotatable bonds is 3. The minimum atomic E-state index is -1.01. The van der Waals surface area contributed by atoms with Gasteiger partial charge in [0, 0.05) is 39.8 Å². The van der Waals surface area contributed by atoms with E-state index in [1.807, 2.05) is 48.5 Å². The molecular formula is C26H19Cl2N5OS. The molecule has 2 N–H and O–H groups in total. The zero-order valence-electron chi connectivity index (χ0n) is 18.5. The number of hydrogen-bond acceptors (Lipinski definition) is 4. The van der Waals surface area contributed by atoms with Gasteiger partial charge in [-0.1, -0.05) is 65.7 Å². The fourth-order valence-electron chi connectivity index (χ4n) is 4.00. The third-order valence-corrected chi connectivity index (χ3v) is 6.48. The van der Waals surface area contributed by atoms with Crippen molar-refractivity contribution in [2.75, 3.05) is 17.3 Å². The Hall–Kier alpha value is -3.52. The summed E-state index contributed by atoms with van der Waals surface area (Å²) in [7, 11) is 1.69. The lowest BCUT2D eigenvalue weighted by atomic mass is 10.00. The van der Waals surface area contributed by atoms with E-state index in [1.54, 1.807) is 37.5 Å². The second-order valence-corrected chi connectivity index (χ2v) is 9.15. The molecule has 1 aromatic heterocycles. The average Bonchev–Trinajstić information content (AvgIpc) is 2.95. The number of halogens is 2. The van der Waals surface area contributed by atoms with Crippen LogP contribution in [0.2, 0.25) is 10.0 Å². The predicted molar refractivity (Wildman–Crippen MR) is 147 cm³/mol. The van der Waals surface area contributed by atoms with E-state index < -0.39 is 6.17 Å². The van der Waals surface area contributed by atoms with Crippen molar-refractivity contribution in [3.63, 3.8) is 0 Å². The molecular weight excluding hydrogens is 501 g/mol. The van der Waals surface area contributed by atoms with Crippen molar-refractivity contribution in [3.05, 3.63) is 100 Å². The van der Waals surface area contributed by atoms with Crippen LogP contribution in [0.15, 0.2) is 84.0 Å². The standard InChI is InChI=1S/C26H19Cl2N5OS/c1-33-21-11-10-16(27)14-19(21)22(18-8-4-5-9-20(18)28)30-24(25(33)34)32-26(35)31-23-17-7-3-2-6-15(17)12-13-29-23/h2-14,24H,1H3,(H2,29,31,32,35). The van der Waals surface area contributed by atoms with E-state index in [9.17, 15) is 4.79 Å². The van der Waals surface area contributed by atoms with E-state index in [1.165, 1.54) is 4.90 Å². The van der Waals surface area contributed by atoms with Crippen LogP contribution in [-0.2, 0) is 4.79 Å². The molecule has 9 heteroatoms. The molecule has 6 nitrogen and oxygen atoms in total. The molecule has 0 radical (unpaired) electrons. The Morgan fingerprint density at radius 2 is 1.77 bits per heavy atom. The summed E-state index contributed by atoms with van der Waals surface area (Å²) in [6.07, 6.45) is 0.693. The van der Waals surface area contributed by atoms with Gasteiger partial charge in [0.25, 0.3) is 5.91 Å². The summed E-state index contributed by atoms with van der Waals surface area (Å²) in [6, 6.07) is 22.4. The molecule has 0 spiro atoms. The molecule has 1 aliphatic rings. The predicted octanol–water partition coefficient (Wildman–Crippen LogP) is 5.67. The highest BCUT2D eigenvalue weighted by Gasteiger charge is 2.31. The molecule has 0 saturated carbocycles. The molecule has 0 saturated heterocycles. The smallest absolute Gasteiger partial charge is 0.272 e. The molecule has 35 heavy (non-hydrogen) atoms. The number of nitrogens with zero attached hydrogens (tertiary/aromatic N) is 3. The number of carbonyl (C=O) groups is 1. The van der Waals surface area contributed by atoms with Crippen LogP contribution in [0.4, 0.5) is 11.5 Å². The van der Waals surface area contributed by atoms with E-state index in [4.69, 9.17) is 40.4 Å². The second-order valence-electron chi connectivity index (χ2n) is 7.90. The van der Waals surface area contributed by atoms with E-state index in [0.717, 1.165) is 10.8 Å². The van der Waals surface area contributed by atoms with Gasteiger partial charge < -0.3 is 15.5 Å². The first-order valence-corrected chi connectivity index (χ1v) is 11.9. The lowest BCUT2D eigenvalue weighted by Gasteiger charge is -2.22. The van der Waals surface area contributed by atoms with Gasteiger partial charge in [-0.25, -0.2) is 9.98 Å². The highest BCUT2D eigenvalue weighted by atomic mass is 35.5. The monoisotopic (exact) mass is 519 g/mol. The number of aromatic nitrogens is 1.